The Morgan fingerprint density at radius 3 is 2.58 bits per heavy atom. The topological polar surface area (TPSA) is 62.2 Å². The predicted molar refractivity (Wildman–Crippen MR) is 75.3 cm³/mol. The molecular weight excluding hydrogens is 287 g/mol. The first-order chi connectivity index (χ1) is 9.06. The average molecular weight is 297 g/mol. The number of carboxylic acid groups (broad SMARTS) is 1. The van der Waals surface area contributed by atoms with Crippen LogP contribution in [0.2, 0.25) is 10.0 Å². The normalized spacial score (nSPS) is 10.2. The number of aliphatic carboxylic acids is 1. The maximum absolute atomic E-state index is 10.7. The number of benzene rings is 1. The molecule has 0 aliphatic heterocycles. The van der Waals surface area contributed by atoms with Crippen molar-refractivity contribution in [3.8, 4) is 0 Å². The summed E-state index contributed by atoms with van der Waals surface area (Å²) in [5.41, 5.74) is 1.19. The van der Waals surface area contributed by atoms with Gasteiger partial charge in [0, 0.05) is 6.20 Å². The van der Waals surface area contributed by atoms with Crippen LogP contribution in [0.3, 0.4) is 0 Å². The Balaban J connectivity index is 2.26. The molecule has 0 unspecified atom stereocenters. The Morgan fingerprint density at radius 1 is 1.26 bits per heavy atom. The van der Waals surface area contributed by atoms with E-state index in [1.807, 2.05) is 0 Å². The number of carbonyl (C=O) groups is 1. The monoisotopic (exact) mass is 296 g/mol. The van der Waals surface area contributed by atoms with Gasteiger partial charge < -0.3 is 10.4 Å². The number of nitrogens with zero attached hydrogens (tertiary/aromatic N) is 1. The number of carboxylic acids is 1. The smallest absolute Gasteiger partial charge is 0.307 e. The number of para-hydroxylation sites is 1. The first-order valence-corrected chi connectivity index (χ1v) is 6.19. The van der Waals surface area contributed by atoms with Crippen molar-refractivity contribution in [2.45, 2.75) is 6.42 Å². The van der Waals surface area contributed by atoms with E-state index in [2.05, 4.69) is 10.3 Å². The molecular formula is C13H10Cl2N2O2. The minimum absolute atomic E-state index is 0.0620. The van der Waals surface area contributed by atoms with E-state index in [4.69, 9.17) is 28.3 Å². The molecule has 2 rings (SSSR count). The number of hydrogen-bond acceptors (Lipinski definition) is 3. The molecule has 98 valence electrons. The summed E-state index contributed by atoms with van der Waals surface area (Å²) in [7, 11) is 0. The van der Waals surface area contributed by atoms with E-state index in [0.29, 0.717) is 27.1 Å². The summed E-state index contributed by atoms with van der Waals surface area (Å²) in [6.07, 6.45) is 1.47. The van der Waals surface area contributed by atoms with E-state index < -0.39 is 5.97 Å². The Labute approximate surface area is 120 Å². The van der Waals surface area contributed by atoms with Crippen LogP contribution in [0.4, 0.5) is 11.5 Å². The summed E-state index contributed by atoms with van der Waals surface area (Å²) in [4.78, 5) is 14.8. The zero-order valence-electron chi connectivity index (χ0n) is 9.73. The molecule has 1 aromatic heterocycles. The van der Waals surface area contributed by atoms with Gasteiger partial charge in [0.05, 0.1) is 22.2 Å². The van der Waals surface area contributed by atoms with Gasteiger partial charge in [-0.05, 0) is 29.8 Å². The fourth-order valence-electron chi connectivity index (χ4n) is 1.57. The van der Waals surface area contributed by atoms with Crippen molar-refractivity contribution in [3.63, 3.8) is 0 Å². The predicted octanol–water partition coefficient (Wildman–Crippen LogP) is 3.76. The molecule has 0 aliphatic carbocycles. The summed E-state index contributed by atoms with van der Waals surface area (Å²) in [5.74, 6) is -0.401. The van der Waals surface area contributed by atoms with Crippen LogP contribution >= 0.6 is 23.2 Å². The SMILES string of the molecule is O=C(O)Cc1ccnc(Nc2c(Cl)cccc2Cl)c1. The summed E-state index contributed by atoms with van der Waals surface area (Å²) in [6.45, 7) is 0. The van der Waals surface area contributed by atoms with Gasteiger partial charge in [0.1, 0.15) is 5.82 Å². The zero-order valence-corrected chi connectivity index (χ0v) is 11.2. The van der Waals surface area contributed by atoms with Crippen molar-refractivity contribution in [2.75, 3.05) is 5.32 Å². The van der Waals surface area contributed by atoms with Crippen LogP contribution in [0.5, 0.6) is 0 Å². The fraction of sp³-hybridized carbons (Fsp3) is 0.0769. The Bertz CT molecular complexity index is 597. The van der Waals surface area contributed by atoms with Crippen molar-refractivity contribution in [1.82, 2.24) is 4.98 Å². The van der Waals surface area contributed by atoms with Crippen LogP contribution in [-0.2, 0) is 11.2 Å². The first-order valence-electron chi connectivity index (χ1n) is 5.44. The van der Waals surface area contributed by atoms with E-state index in [0.717, 1.165) is 0 Å². The van der Waals surface area contributed by atoms with Crippen molar-refractivity contribution in [3.05, 3.63) is 52.1 Å². The van der Waals surface area contributed by atoms with E-state index >= 15 is 0 Å². The van der Waals surface area contributed by atoms with Crippen LogP contribution in [0.25, 0.3) is 0 Å². The number of halogens is 2. The minimum atomic E-state index is -0.895. The Kier molecular flexibility index (Phi) is 4.24. The molecule has 0 saturated carbocycles. The lowest BCUT2D eigenvalue weighted by Gasteiger charge is -2.10. The molecule has 0 atom stereocenters. The van der Waals surface area contributed by atoms with Gasteiger partial charge in [-0.1, -0.05) is 29.3 Å². The lowest BCUT2D eigenvalue weighted by Crippen LogP contribution is -2.02. The van der Waals surface area contributed by atoms with Crippen molar-refractivity contribution < 1.29 is 9.90 Å². The van der Waals surface area contributed by atoms with Crippen LogP contribution in [0.1, 0.15) is 5.56 Å². The van der Waals surface area contributed by atoms with Gasteiger partial charge in [0.15, 0.2) is 0 Å². The average Bonchev–Trinajstić information content (AvgIpc) is 2.34. The van der Waals surface area contributed by atoms with Gasteiger partial charge in [-0.2, -0.15) is 0 Å². The molecule has 0 bridgehead atoms. The molecule has 1 heterocycles. The molecule has 19 heavy (non-hydrogen) atoms. The number of hydrogen-bond donors (Lipinski definition) is 2. The number of nitrogens with one attached hydrogen (secondary N) is 1. The zero-order chi connectivity index (χ0) is 13.8. The maximum atomic E-state index is 10.7. The standard InChI is InChI=1S/C13H10Cl2N2O2/c14-9-2-1-3-10(15)13(9)17-11-6-8(4-5-16-11)7-12(18)19/h1-6H,7H2,(H,16,17)(H,18,19). The second-order valence-electron chi connectivity index (χ2n) is 3.84. The Morgan fingerprint density at radius 2 is 1.95 bits per heavy atom. The lowest BCUT2D eigenvalue weighted by atomic mass is 10.2. The highest BCUT2D eigenvalue weighted by Crippen LogP contribution is 2.32. The van der Waals surface area contributed by atoms with Gasteiger partial charge in [0.25, 0.3) is 0 Å². The summed E-state index contributed by atoms with van der Waals surface area (Å²) < 4.78 is 0. The summed E-state index contributed by atoms with van der Waals surface area (Å²) in [6, 6.07) is 8.44. The van der Waals surface area contributed by atoms with Crippen molar-refractivity contribution >= 4 is 40.7 Å². The lowest BCUT2D eigenvalue weighted by molar-refractivity contribution is -0.136. The molecule has 0 aliphatic rings. The van der Waals surface area contributed by atoms with Crippen LogP contribution < -0.4 is 5.32 Å². The summed E-state index contributed by atoms with van der Waals surface area (Å²) in [5, 5.41) is 12.7. The highest BCUT2D eigenvalue weighted by Gasteiger charge is 2.07. The molecule has 1 aromatic carbocycles. The van der Waals surface area contributed by atoms with Crippen LogP contribution in [0.15, 0.2) is 36.5 Å². The molecule has 0 spiro atoms. The van der Waals surface area contributed by atoms with Gasteiger partial charge in [-0.3, -0.25) is 4.79 Å². The van der Waals surface area contributed by atoms with Gasteiger partial charge in [-0.15, -0.1) is 0 Å². The second-order valence-corrected chi connectivity index (χ2v) is 4.66. The quantitative estimate of drug-likeness (QED) is 0.902. The van der Waals surface area contributed by atoms with Gasteiger partial charge in [-0.25, -0.2) is 4.98 Å². The Hall–Kier alpha value is -1.78. The van der Waals surface area contributed by atoms with E-state index in [9.17, 15) is 4.79 Å². The first kappa shape index (κ1) is 13.6. The third-order valence-corrected chi connectivity index (χ3v) is 3.03. The minimum Gasteiger partial charge on any atom is -0.481 e. The van der Waals surface area contributed by atoms with E-state index in [1.54, 1.807) is 30.3 Å². The molecule has 2 N–H and O–H groups in total. The second kappa shape index (κ2) is 5.91. The van der Waals surface area contributed by atoms with E-state index in [1.165, 1.54) is 6.20 Å². The maximum Gasteiger partial charge on any atom is 0.307 e. The number of anilines is 2. The van der Waals surface area contributed by atoms with E-state index in [-0.39, 0.29) is 6.42 Å². The highest BCUT2D eigenvalue weighted by atomic mass is 35.5. The van der Waals surface area contributed by atoms with Crippen molar-refractivity contribution in [2.24, 2.45) is 0 Å². The van der Waals surface area contributed by atoms with Crippen molar-refractivity contribution in [1.29, 1.82) is 0 Å². The molecule has 2 aromatic rings. The molecule has 0 fully saturated rings. The van der Waals surface area contributed by atoms with Crippen LogP contribution in [-0.4, -0.2) is 16.1 Å². The molecule has 0 saturated heterocycles. The molecule has 0 radical (unpaired) electrons. The molecule has 6 heteroatoms. The fourth-order valence-corrected chi connectivity index (χ4v) is 2.06. The number of rotatable bonds is 4. The van der Waals surface area contributed by atoms with Crippen LogP contribution in [0, 0.1) is 0 Å². The number of aromatic nitrogens is 1. The van der Waals surface area contributed by atoms with Gasteiger partial charge >= 0.3 is 5.97 Å². The molecule has 4 nitrogen and oxygen atoms in total. The highest BCUT2D eigenvalue weighted by molar-refractivity contribution is 6.39. The summed E-state index contributed by atoms with van der Waals surface area (Å²) >= 11 is 12.1. The third-order valence-electron chi connectivity index (χ3n) is 2.40. The molecule has 0 amide bonds. The third kappa shape index (κ3) is 3.59. The number of pyridine rings is 1. The van der Waals surface area contributed by atoms with Gasteiger partial charge in [0.2, 0.25) is 0 Å². The largest absolute Gasteiger partial charge is 0.481 e.